The van der Waals surface area contributed by atoms with Gasteiger partial charge in [-0.15, -0.1) is 11.3 Å². The summed E-state index contributed by atoms with van der Waals surface area (Å²) < 4.78 is 7.22. The Balaban J connectivity index is 1.10. The van der Waals surface area contributed by atoms with Crippen molar-refractivity contribution >= 4 is 75.1 Å². The van der Waals surface area contributed by atoms with E-state index in [1.165, 1.54) is 42.0 Å². The highest BCUT2D eigenvalue weighted by atomic mass is 32.1. The third kappa shape index (κ3) is 4.68. The number of nitriles is 2. The summed E-state index contributed by atoms with van der Waals surface area (Å²) in [6.45, 7) is 0. The van der Waals surface area contributed by atoms with Crippen LogP contribution in [0.4, 0.5) is 0 Å². The standard InChI is InChI=1S/C50H28N4S/c51-29-31-20-22-46-43(26-31)39-14-3-6-17-44(39)54(46)36-25-32(30-52)24-34(28-36)38-13-2-1-12-37(38)33-10-9-11-35(27-33)53-45-18-7-4-16-42(45)49-47(53)23-21-41-40-15-5-8-19-48(40)55-50(41)49/h1-28H. The summed E-state index contributed by atoms with van der Waals surface area (Å²) in [6.07, 6.45) is 0. The second-order valence-electron chi connectivity index (χ2n) is 14.0. The van der Waals surface area contributed by atoms with Gasteiger partial charge in [0.15, 0.2) is 0 Å². The van der Waals surface area contributed by atoms with Crippen molar-refractivity contribution < 1.29 is 0 Å². The minimum absolute atomic E-state index is 0.577. The second kappa shape index (κ2) is 12.0. The molecule has 11 aromatic rings. The zero-order chi connectivity index (χ0) is 36.6. The van der Waals surface area contributed by atoms with Crippen LogP contribution in [-0.2, 0) is 0 Å². The van der Waals surface area contributed by atoms with Gasteiger partial charge in [-0.3, -0.25) is 0 Å². The molecule has 0 radical (unpaired) electrons. The molecule has 0 aliphatic rings. The number of fused-ring (bicyclic) bond motifs is 10. The first-order chi connectivity index (χ1) is 27.2. The lowest BCUT2D eigenvalue weighted by molar-refractivity contribution is 1.18. The van der Waals surface area contributed by atoms with Gasteiger partial charge < -0.3 is 9.13 Å². The number of aromatic nitrogens is 2. The van der Waals surface area contributed by atoms with Crippen molar-refractivity contribution in [1.82, 2.24) is 9.13 Å². The van der Waals surface area contributed by atoms with Crippen LogP contribution < -0.4 is 0 Å². The topological polar surface area (TPSA) is 57.4 Å². The van der Waals surface area contributed by atoms with Gasteiger partial charge in [0.05, 0.1) is 45.3 Å². The lowest BCUT2D eigenvalue weighted by Gasteiger charge is -2.15. The van der Waals surface area contributed by atoms with E-state index in [1.54, 1.807) is 0 Å². The lowest BCUT2D eigenvalue weighted by atomic mass is 9.93. The van der Waals surface area contributed by atoms with E-state index < -0.39 is 0 Å². The Kier molecular flexibility index (Phi) is 6.82. The monoisotopic (exact) mass is 716 g/mol. The summed E-state index contributed by atoms with van der Waals surface area (Å²) in [5.41, 5.74) is 11.7. The van der Waals surface area contributed by atoms with Gasteiger partial charge >= 0.3 is 0 Å². The van der Waals surface area contributed by atoms with Gasteiger partial charge in [0, 0.05) is 53.1 Å². The minimum Gasteiger partial charge on any atom is -0.309 e. The van der Waals surface area contributed by atoms with E-state index in [0.717, 1.165) is 55.4 Å². The first-order valence-corrected chi connectivity index (χ1v) is 19.0. The summed E-state index contributed by atoms with van der Waals surface area (Å²) >= 11 is 1.87. The minimum atomic E-state index is 0.577. The van der Waals surface area contributed by atoms with E-state index in [-0.39, 0.29) is 0 Å². The molecule has 0 aliphatic carbocycles. The molecule has 0 bridgehead atoms. The highest BCUT2D eigenvalue weighted by Gasteiger charge is 2.19. The van der Waals surface area contributed by atoms with Crippen molar-refractivity contribution in [3.8, 4) is 45.8 Å². The van der Waals surface area contributed by atoms with Gasteiger partial charge in [-0.25, -0.2) is 0 Å². The maximum atomic E-state index is 10.3. The highest BCUT2D eigenvalue weighted by molar-refractivity contribution is 7.26. The van der Waals surface area contributed by atoms with Crippen LogP contribution in [0.5, 0.6) is 0 Å². The SMILES string of the molecule is N#Cc1cc(-c2ccccc2-c2cccc(-n3c4ccccc4c4c5sc6ccccc6c5ccc43)c2)cc(-n2c3ccccc3c3cc(C#N)ccc32)c1. The molecular weight excluding hydrogens is 689 g/mol. The van der Waals surface area contributed by atoms with Crippen LogP contribution in [0.15, 0.2) is 170 Å². The molecule has 5 heteroatoms. The van der Waals surface area contributed by atoms with E-state index in [1.807, 2.05) is 53.8 Å². The molecule has 8 aromatic carbocycles. The molecule has 0 spiro atoms. The van der Waals surface area contributed by atoms with Crippen molar-refractivity contribution in [3.05, 3.63) is 181 Å². The average molecular weight is 717 g/mol. The molecule has 254 valence electrons. The maximum absolute atomic E-state index is 10.3. The number of nitrogens with zero attached hydrogens (tertiary/aromatic N) is 4. The number of hydrogen-bond donors (Lipinski definition) is 0. The van der Waals surface area contributed by atoms with Gasteiger partial charge in [0.1, 0.15) is 0 Å². The molecule has 0 saturated heterocycles. The Morgan fingerprint density at radius 3 is 1.85 bits per heavy atom. The van der Waals surface area contributed by atoms with Crippen LogP contribution in [0.2, 0.25) is 0 Å². The molecule has 3 heterocycles. The summed E-state index contributed by atoms with van der Waals surface area (Å²) in [5.74, 6) is 0. The largest absolute Gasteiger partial charge is 0.309 e. The van der Waals surface area contributed by atoms with Crippen LogP contribution in [0.3, 0.4) is 0 Å². The molecule has 0 unspecified atom stereocenters. The lowest BCUT2D eigenvalue weighted by Crippen LogP contribution is -1.97. The summed E-state index contributed by atoms with van der Waals surface area (Å²) in [6, 6.07) is 64.1. The van der Waals surface area contributed by atoms with Crippen LogP contribution in [0.25, 0.3) is 97.4 Å². The van der Waals surface area contributed by atoms with E-state index in [0.29, 0.717) is 11.1 Å². The molecule has 4 nitrogen and oxygen atoms in total. The molecule has 55 heavy (non-hydrogen) atoms. The number of benzene rings is 8. The Hall–Kier alpha value is -7.44. The molecule has 0 N–H and O–H groups in total. The quantitative estimate of drug-likeness (QED) is 0.182. The fraction of sp³-hybridized carbons (Fsp3) is 0. The van der Waals surface area contributed by atoms with Crippen LogP contribution in [0.1, 0.15) is 11.1 Å². The molecule has 0 fully saturated rings. The van der Waals surface area contributed by atoms with Crippen molar-refractivity contribution in [2.45, 2.75) is 0 Å². The number of para-hydroxylation sites is 2. The van der Waals surface area contributed by atoms with Crippen LogP contribution in [0, 0.1) is 22.7 Å². The zero-order valence-electron chi connectivity index (χ0n) is 29.4. The molecule has 0 saturated carbocycles. The summed E-state index contributed by atoms with van der Waals surface area (Å²) in [5, 5.41) is 27.2. The van der Waals surface area contributed by atoms with E-state index in [9.17, 15) is 10.5 Å². The molecule has 0 amide bonds. The van der Waals surface area contributed by atoms with Crippen LogP contribution in [-0.4, -0.2) is 9.13 Å². The predicted molar refractivity (Wildman–Crippen MR) is 228 cm³/mol. The average Bonchev–Trinajstić information content (AvgIpc) is 3.91. The Morgan fingerprint density at radius 1 is 0.400 bits per heavy atom. The highest BCUT2D eigenvalue weighted by Crippen LogP contribution is 2.44. The van der Waals surface area contributed by atoms with Crippen molar-refractivity contribution in [1.29, 1.82) is 10.5 Å². The van der Waals surface area contributed by atoms with E-state index >= 15 is 0 Å². The van der Waals surface area contributed by atoms with Crippen LogP contribution >= 0.6 is 11.3 Å². The Bertz CT molecular complexity index is 3470. The van der Waals surface area contributed by atoms with Gasteiger partial charge in [0.2, 0.25) is 0 Å². The predicted octanol–water partition coefficient (Wildman–Crippen LogP) is 13.3. The zero-order valence-corrected chi connectivity index (χ0v) is 30.2. The first-order valence-electron chi connectivity index (χ1n) is 18.2. The van der Waals surface area contributed by atoms with Gasteiger partial charge in [0.25, 0.3) is 0 Å². The molecule has 0 atom stereocenters. The maximum Gasteiger partial charge on any atom is 0.0992 e. The molecule has 11 rings (SSSR count). The van der Waals surface area contributed by atoms with Gasteiger partial charge in [-0.2, -0.15) is 10.5 Å². The van der Waals surface area contributed by atoms with E-state index in [4.69, 9.17) is 0 Å². The summed E-state index contributed by atoms with van der Waals surface area (Å²) in [7, 11) is 0. The van der Waals surface area contributed by atoms with E-state index in [2.05, 4.69) is 149 Å². The number of hydrogen-bond acceptors (Lipinski definition) is 3. The molecule has 3 aromatic heterocycles. The third-order valence-electron chi connectivity index (χ3n) is 10.9. The van der Waals surface area contributed by atoms with Crippen molar-refractivity contribution in [2.75, 3.05) is 0 Å². The molecular formula is C50H28N4S. The Morgan fingerprint density at radius 2 is 1.04 bits per heavy atom. The summed E-state index contributed by atoms with van der Waals surface area (Å²) in [4.78, 5) is 0. The smallest absolute Gasteiger partial charge is 0.0992 e. The van der Waals surface area contributed by atoms with Gasteiger partial charge in [-0.05, 0) is 95.1 Å². The fourth-order valence-corrected chi connectivity index (χ4v) is 9.85. The molecule has 0 aliphatic heterocycles. The first kappa shape index (κ1) is 31.1. The second-order valence-corrected chi connectivity index (χ2v) is 15.0. The van der Waals surface area contributed by atoms with Gasteiger partial charge in [-0.1, -0.05) is 97.1 Å². The Labute approximate surface area is 320 Å². The third-order valence-corrected chi connectivity index (χ3v) is 12.1. The van der Waals surface area contributed by atoms with Crippen molar-refractivity contribution in [3.63, 3.8) is 0 Å². The van der Waals surface area contributed by atoms with Crippen molar-refractivity contribution in [2.24, 2.45) is 0 Å². The fourth-order valence-electron chi connectivity index (χ4n) is 8.59. The number of rotatable bonds is 4. The normalized spacial score (nSPS) is 11.6. The number of thiophene rings is 1.